The Bertz CT molecular complexity index is 483. The molecule has 14 heavy (non-hydrogen) atoms. The molecule has 0 aromatic carbocycles. The Morgan fingerprint density at radius 3 is 3.14 bits per heavy atom. The number of nitrogens with zero attached hydrogens (tertiary/aromatic N) is 3. The molecule has 0 bridgehead atoms. The van der Waals surface area contributed by atoms with Crippen molar-refractivity contribution in [1.82, 2.24) is 9.66 Å². The fourth-order valence-electron chi connectivity index (χ4n) is 0.946. The van der Waals surface area contributed by atoms with Gasteiger partial charge in [0.25, 0.3) is 0 Å². The molecule has 0 amide bonds. The predicted molar refractivity (Wildman–Crippen MR) is 55.4 cm³/mol. The smallest absolute Gasteiger partial charge is 0.202 e. The zero-order valence-electron chi connectivity index (χ0n) is 7.29. The average molecular weight is 204 g/mol. The Morgan fingerprint density at radius 2 is 2.50 bits per heavy atom. The summed E-state index contributed by atoms with van der Waals surface area (Å²) in [7, 11) is 0. The molecule has 2 heterocycles. The zero-order chi connectivity index (χ0) is 9.80. The number of aromatic nitrogens is 2. The van der Waals surface area contributed by atoms with Gasteiger partial charge in [0, 0.05) is 29.5 Å². The van der Waals surface area contributed by atoms with Crippen LogP contribution in [-0.2, 0) is 0 Å². The van der Waals surface area contributed by atoms with Crippen LogP contribution < -0.4 is 4.80 Å². The minimum atomic E-state index is 0.408. The van der Waals surface area contributed by atoms with Crippen LogP contribution >= 0.6 is 11.3 Å². The molecule has 0 saturated heterocycles. The van der Waals surface area contributed by atoms with Crippen molar-refractivity contribution in [2.24, 2.45) is 5.10 Å². The first kappa shape index (κ1) is 8.83. The van der Waals surface area contributed by atoms with Crippen LogP contribution in [-0.4, -0.2) is 15.9 Å². The Kier molecular flexibility index (Phi) is 2.51. The summed E-state index contributed by atoms with van der Waals surface area (Å²) in [5, 5.41) is 13.4. The van der Waals surface area contributed by atoms with Crippen LogP contribution in [0.5, 0.6) is 0 Å². The molecule has 1 N–H and O–H groups in total. The molecule has 0 aliphatic carbocycles. The SMILES string of the molecule is N=c1sccn1/N=C/c1cccnc1. The van der Waals surface area contributed by atoms with Gasteiger partial charge in [0.2, 0.25) is 4.80 Å². The summed E-state index contributed by atoms with van der Waals surface area (Å²) < 4.78 is 1.51. The van der Waals surface area contributed by atoms with Crippen molar-refractivity contribution in [3.63, 3.8) is 0 Å². The second-order valence-corrected chi connectivity index (χ2v) is 3.48. The van der Waals surface area contributed by atoms with E-state index in [9.17, 15) is 0 Å². The molecule has 0 unspecified atom stereocenters. The van der Waals surface area contributed by atoms with Gasteiger partial charge < -0.3 is 0 Å². The van der Waals surface area contributed by atoms with E-state index in [2.05, 4.69) is 10.1 Å². The van der Waals surface area contributed by atoms with Crippen molar-refractivity contribution in [1.29, 1.82) is 5.41 Å². The maximum atomic E-state index is 7.47. The van der Waals surface area contributed by atoms with E-state index in [0.29, 0.717) is 4.80 Å². The second kappa shape index (κ2) is 3.97. The van der Waals surface area contributed by atoms with Gasteiger partial charge in [0.1, 0.15) is 0 Å². The average Bonchev–Trinajstić information content (AvgIpc) is 2.63. The Morgan fingerprint density at radius 1 is 1.57 bits per heavy atom. The lowest BCUT2D eigenvalue weighted by atomic mass is 10.3. The molecule has 0 aliphatic heterocycles. The largest absolute Gasteiger partial charge is 0.274 e. The van der Waals surface area contributed by atoms with Crippen LogP contribution in [0.3, 0.4) is 0 Å². The van der Waals surface area contributed by atoms with E-state index in [0.717, 1.165) is 5.56 Å². The van der Waals surface area contributed by atoms with Gasteiger partial charge >= 0.3 is 0 Å². The van der Waals surface area contributed by atoms with Gasteiger partial charge in [-0.25, -0.2) is 4.68 Å². The predicted octanol–water partition coefficient (Wildman–Crippen LogP) is 1.31. The number of pyridine rings is 1. The number of nitrogens with one attached hydrogen (secondary N) is 1. The number of hydrogen-bond donors (Lipinski definition) is 1. The maximum absolute atomic E-state index is 7.47. The summed E-state index contributed by atoms with van der Waals surface area (Å²) >= 11 is 1.34. The quantitative estimate of drug-likeness (QED) is 0.737. The van der Waals surface area contributed by atoms with Crippen LogP contribution in [0.2, 0.25) is 0 Å². The van der Waals surface area contributed by atoms with Crippen LogP contribution in [0.25, 0.3) is 0 Å². The molecule has 0 atom stereocenters. The molecule has 4 nitrogen and oxygen atoms in total. The minimum Gasteiger partial charge on any atom is -0.274 e. The normalized spacial score (nSPS) is 10.9. The maximum Gasteiger partial charge on any atom is 0.202 e. The highest BCUT2D eigenvalue weighted by Crippen LogP contribution is 1.92. The highest BCUT2D eigenvalue weighted by molar-refractivity contribution is 7.06. The van der Waals surface area contributed by atoms with Crippen LogP contribution in [0.1, 0.15) is 5.56 Å². The fraction of sp³-hybridized carbons (Fsp3) is 0. The van der Waals surface area contributed by atoms with E-state index in [-0.39, 0.29) is 0 Å². The van der Waals surface area contributed by atoms with Crippen molar-refractivity contribution in [2.75, 3.05) is 0 Å². The Hall–Kier alpha value is -1.75. The van der Waals surface area contributed by atoms with Gasteiger partial charge in [-0.1, -0.05) is 6.07 Å². The molecule has 2 aromatic rings. The number of hydrogen-bond acceptors (Lipinski definition) is 4. The standard InChI is InChI=1S/C9H8N4S/c10-9-13(4-5-14-9)12-7-8-2-1-3-11-6-8/h1-7,10H/b10-9?,12-7+. The highest BCUT2D eigenvalue weighted by atomic mass is 32.1. The van der Waals surface area contributed by atoms with E-state index < -0.39 is 0 Å². The molecule has 70 valence electrons. The third-order valence-corrected chi connectivity index (χ3v) is 2.27. The molecule has 0 saturated carbocycles. The van der Waals surface area contributed by atoms with Gasteiger partial charge in [-0.05, 0) is 6.07 Å². The molecule has 5 heteroatoms. The van der Waals surface area contributed by atoms with E-state index in [1.54, 1.807) is 24.8 Å². The Labute approximate surface area is 84.7 Å². The summed E-state index contributed by atoms with van der Waals surface area (Å²) in [6, 6.07) is 3.76. The third-order valence-electron chi connectivity index (χ3n) is 1.61. The van der Waals surface area contributed by atoms with E-state index in [1.807, 2.05) is 17.5 Å². The summed E-state index contributed by atoms with van der Waals surface area (Å²) in [5.74, 6) is 0. The molecule has 2 aromatic heterocycles. The molecular weight excluding hydrogens is 196 g/mol. The first-order valence-corrected chi connectivity index (χ1v) is 4.89. The van der Waals surface area contributed by atoms with Crippen molar-refractivity contribution in [3.05, 3.63) is 46.5 Å². The van der Waals surface area contributed by atoms with Gasteiger partial charge in [-0.2, -0.15) is 5.10 Å². The van der Waals surface area contributed by atoms with Crippen molar-refractivity contribution >= 4 is 17.6 Å². The van der Waals surface area contributed by atoms with Gasteiger partial charge in [0.05, 0.1) is 6.21 Å². The Balaban J connectivity index is 2.24. The monoisotopic (exact) mass is 204 g/mol. The molecule has 0 spiro atoms. The summed E-state index contributed by atoms with van der Waals surface area (Å²) in [5.41, 5.74) is 0.922. The lowest BCUT2D eigenvalue weighted by Crippen LogP contribution is -2.06. The third kappa shape index (κ3) is 1.94. The summed E-state index contributed by atoms with van der Waals surface area (Å²) in [4.78, 5) is 4.37. The summed E-state index contributed by atoms with van der Waals surface area (Å²) in [6.45, 7) is 0. The fourth-order valence-corrected chi connectivity index (χ4v) is 1.47. The number of thiazole rings is 1. The lowest BCUT2D eigenvalue weighted by Gasteiger charge is -1.91. The minimum absolute atomic E-state index is 0.408. The van der Waals surface area contributed by atoms with Crippen LogP contribution in [0.15, 0.2) is 41.2 Å². The number of rotatable bonds is 2. The van der Waals surface area contributed by atoms with Crippen LogP contribution in [0, 0.1) is 5.41 Å². The lowest BCUT2D eigenvalue weighted by molar-refractivity contribution is 0.831. The van der Waals surface area contributed by atoms with E-state index in [4.69, 9.17) is 5.41 Å². The van der Waals surface area contributed by atoms with Gasteiger partial charge in [0.15, 0.2) is 0 Å². The van der Waals surface area contributed by atoms with Crippen LogP contribution in [0.4, 0.5) is 0 Å². The second-order valence-electron chi connectivity index (χ2n) is 2.58. The molecule has 2 rings (SSSR count). The first-order valence-electron chi connectivity index (χ1n) is 4.01. The first-order chi connectivity index (χ1) is 6.86. The summed E-state index contributed by atoms with van der Waals surface area (Å²) in [6.07, 6.45) is 6.86. The van der Waals surface area contributed by atoms with E-state index in [1.165, 1.54) is 16.0 Å². The molecule has 0 fully saturated rings. The molecule has 0 radical (unpaired) electrons. The topological polar surface area (TPSA) is 54.0 Å². The van der Waals surface area contributed by atoms with Gasteiger partial charge in [-0.15, -0.1) is 11.3 Å². The molecule has 0 aliphatic rings. The van der Waals surface area contributed by atoms with Crippen molar-refractivity contribution in [2.45, 2.75) is 0 Å². The van der Waals surface area contributed by atoms with E-state index >= 15 is 0 Å². The molecular formula is C9H8N4S. The van der Waals surface area contributed by atoms with Crippen molar-refractivity contribution < 1.29 is 0 Å². The van der Waals surface area contributed by atoms with Crippen molar-refractivity contribution in [3.8, 4) is 0 Å². The van der Waals surface area contributed by atoms with Gasteiger partial charge in [-0.3, -0.25) is 10.4 Å². The highest BCUT2D eigenvalue weighted by Gasteiger charge is 1.88. The zero-order valence-corrected chi connectivity index (χ0v) is 8.11.